The van der Waals surface area contributed by atoms with Gasteiger partial charge in [-0.15, -0.1) is 11.3 Å². The summed E-state index contributed by atoms with van der Waals surface area (Å²) in [4.78, 5) is 16.9. The molecular formula is C25H23BrN2O2S. The molecule has 158 valence electrons. The zero-order valence-corrected chi connectivity index (χ0v) is 19.6. The van der Waals surface area contributed by atoms with E-state index in [0.717, 1.165) is 27.9 Å². The second-order valence-electron chi connectivity index (χ2n) is 7.22. The van der Waals surface area contributed by atoms with Crippen molar-refractivity contribution in [3.05, 3.63) is 76.1 Å². The number of aryl methyl sites for hydroxylation is 1. The van der Waals surface area contributed by atoms with E-state index < -0.39 is 0 Å². The number of carbonyl (C=O) groups is 1. The fourth-order valence-corrected chi connectivity index (χ4v) is 4.57. The van der Waals surface area contributed by atoms with Crippen LogP contribution in [0.3, 0.4) is 0 Å². The van der Waals surface area contributed by atoms with Crippen LogP contribution in [0.2, 0.25) is 0 Å². The molecule has 0 saturated carbocycles. The minimum absolute atomic E-state index is 0.0524. The van der Waals surface area contributed by atoms with Gasteiger partial charge in [0.05, 0.1) is 16.8 Å². The predicted molar refractivity (Wildman–Crippen MR) is 132 cm³/mol. The SMILES string of the molecule is CCc1ccc(OCCCC(=O)Nc2nc(-c3ccc4ccccc4c3)cs2)c(Br)c1. The number of carbonyl (C=O) groups excluding carboxylic acids is 1. The average molecular weight is 495 g/mol. The second kappa shape index (κ2) is 10.1. The van der Waals surface area contributed by atoms with E-state index in [0.29, 0.717) is 24.6 Å². The van der Waals surface area contributed by atoms with E-state index in [2.05, 4.69) is 75.6 Å². The smallest absolute Gasteiger partial charge is 0.226 e. The number of nitrogens with zero attached hydrogens (tertiary/aromatic N) is 1. The molecule has 0 aliphatic rings. The number of aromatic nitrogens is 1. The molecular weight excluding hydrogens is 472 g/mol. The third-order valence-electron chi connectivity index (χ3n) is 5.01. The Hall–Kier alpha value is -2.70. The van der Waals surface area contributed by atoms with Gasteiger partial charge in [0.25, 0.3) is 0 Å². The van der Waals surface area contributed by atoms with Gasteiger partial charge in [-0.3, -0.25) is 4.79 Å². The number of ether oxygens (including phenoxy) is 1. The number of halogens is 1. The number of thiazole rings is 1. The van der Waals surface area contributed by atoms with E-state index in [-0.39, 0.29) is 5.91 Å². The quantitative estimate of drug-likeness (QED) is 0.266. The maximum atomic E-state index is 12.3. The van der Waals surface area contributed by atoms with Crippen molar-refractivity contribution < 1.29 is 9.53 Å². The van der Waals surface area contributed by atoms with Crippen LogP contribution in [0.1, 0.15) is 25.3 Å². The summed E-state index contributed by atoms with van der Waals surface area (Å²) >= 11 is 4.98. The number of benzene rings is 3. The summed E-state index contributed by atoms with van der Waals surface area (Å²) in [5.41, 5.74) is 3.17. The molecule has 0 aliphatic heterocycles. The highest BCUT2D eigenvalue weighted by molar-refractivity contribution is 9.10. The van der Waals surface area contributed by atoms with Gasteiger partial charge in [-0.05, 0) is 63.3 Å². The van der Waals surface area contributed by atoms with Crippen LogP contribution in [-0.2, 0) is 11.2 Å². The van der Waals surface area contributed by atoms with Crippen LogP contribution in [0, 0.1) is 0 Å². The maximum Gasteiger partial charge on any atom is 0.226 e. The molecule has 0 unspecified atom stereocenters. The summed E-state index contributed by atoms with van der Waals surface area (Å²) in [6.45, 7) is 2.60. The number of rotatable bonds is 8. The Morgan fingerprint density at radius 2 is 1.94 bits per heavy atom. The van der Waals surface area contributed by atoms with Crippen LogP contribution in [0.25, 0.3) is 22.0 Å². The molecule has 0 saturated heterocycles. The van der Waals surface area contributed by atoms with E-state index in [1.165, 1.54) is 27.7 Å². The van der Waals surface area contributed by atoms with Crippen molar-refractivity contribution in [3.8, 4) is 17.0 Å². The monoisotopic (exact) mass is 494 g/mol. The van der Waals surface area contributed by atoms with Crippen molar-refractivity contribution in [1.82, 2.24) is 4.98 Å². The molecule has 1 N–H and O–H groups in total. The van der Waals surface area contributed by atoms with Crippen molar-refractivity contribution in [2.75, 3.05) is 11.9 Å². The first-order valence-corrected chi connectivity index (χ1v) is 12.0. The van der Waals surface area contributed by atoms with Crippen LogP contribution in [0.5, 0.6) is 5.75 Å². The van der Waals surface area contributed by atoms with Crippen LogP contribution < -0.4 is 10.1 Å². The van der Waals surface area contributed by atoms with Gasteiger partial charge >= 0.3 is 0 Å². The van der Waals surface area contributed by atoms with Gasteiger partial charge in [-0.25, -0.2) is 4.98 Å². The Morgan fingerprint density at radius 1 is 1.10 bits per heavy atom. The van der Waals surface area contributed by atoms with Crippen molar-refractivity contribution >= 4 is 49.1 Å². The lowest BCUT2D eigenvalue weighted by atomic mass is 10.1. The molecule has 0 aliphatic carbocycles. The van der Waals surface area contributed by atoms with E-state index in [1.54, 1.807) is 0 Å². The summed E-state index contributed by atoms with van der Waals surface area (Å²) < 4.78 is 6.74. The summed E-state index contributed by atoms with van der Waals surface area (Å²) in [6.07, 6.45) is 2.00. The summed E-state index contributed by atoms with van der Waals surface area (Å²) in [6, 6.07) is 20.6. The Bertz CT molecular complexity index is 1210. The Labute approximate surface area is 194 Å². The first-order valence-electron chi connectivity index (χ1n) is 10.3. The molecule has 0 radical (unpaired) electrons. The lowest BCUT2D eigenvalue weighted by Gasteiger charge is -2.09. The number of hydrogen-bond donors (Lipinski definition) is 1. The molecule has 6 heteroatoms. The third kappa shape index (κ3) is 5.51. The highest BCUT2D eigenvalue weighted by atomic mass is 79.9. The van der Waals surface area contributed by atoms with Gasteiger partial charge in [-0.2, -0.15) is 0 Å². The molecule has 4 rings (SSSR count). The van der Waals surface area contributed by atoms with Gasteiger partial charge in [0.15, 0.2) is 5.13 Å². The first kappa shape index (κ1) is 21.5. The molecule has 0 fully saturated rings. The topological polar surface area (TPSA) is 51.2 Å². The van der Waals surface area contributed by atoms with E-state index in [1.807, 2.05) is 23.6 Å². The highest BCUT2D eigenvalue weighted by Gasteiger charge is 2.09. The predicted octanol–water partition coefficient (Wildman–Crippen LogP) is 7.09. The van der Waals surface area contributed by atoms with Crippen LogP contribution in [0.15, 0.2) is 70.5 Å². The normalized spacial score (nSPS) is 10.9. The molecule has 0 spiro atoms. The molecule has 0 atom stereocenters. The van der Waals surface area contributed by atoms with Crippen molar-refractivity contribution in [3.63, 3.8) is 0 Å². The number of amides is 1. The van der Waals surface area contributed by atoms with Gasteiger partial charge < -0.3 is 10.1 Å². The Kier molecular flexibility index (Phi) is 6.99. The van der Waals surface area contributed by atoms with Crippen LogP contribution in [-0.4, -0.2) is 17.5 Å². The van der Waals surface area contributed by atoms with Crippen LogP contribution >= 0.6 is 27.3 Å². The standard InChI is InChI=1S/C25H23BrN2O2S/c1-2-17-9-12-23(21(26)14-17)30-13-5-8-24(29)28-25-27-22(16-31-25)20-11-10-18-6-3-4-7-19(18)15-20/h3-4,6-7,9-12,14-16H,2,5,8,13H2,1H3,(H,27,28,29). The maximum absolute atomic E-state index is 12.3. The highest BCUT2D eigenvalue weighted by Crippen LogP contribution is 2.28. The van der Waals surface area contributed by atoms with E-state index in [4.69, 9.17) is 4.74 Å². The minimum Gasteiger partial charge on any atom is -0.492 e. The number of anilines is 1. The Balaban J connectivity index is 1.28. The zero-order chi connectivity index (χ0) is 21.6. The van der Waals surface area contributed by atoms with Crippen molar-refractivity contribution in [2.24, 2.45) is 0 Å². The fourth-order valence-electron chi connectivity index (χ4n) is 3.29. The van der Waals surface area contributed by atoms with Gasteiger partial charge in [0, 0.05) is 17.4 Å². The zero-order valence-electron chi connectivity index (χ0n) is 17.2. The molecule has 4 aromatic rings. The summed E-state index contributed by atoms with van der Waals surface area (Å²) in [5, 5.41) is 7.86. The second-order valence-corrected chi connectivity index (χ2v) is 8.93. The number of hydrogen-bond acceptors (Lipinski definition) is 4. The van der Waals surface area contributed by atoms with Gasteiger partial charge in [0.1, 0.15) is 5.75 Å². The first-order chi connectivity index (χ1) is 15.1. The molecule has 31 heavy (non-hydrogen) atoms. The lowest BCUT2D eigenvalue weighted by Crippen LogP contribution is -2.12. The molecule has 3 aromatic carbocycles. The minimum atomic E-state index is -0.0524. The molecule has 1 aromatic heterocycles. The third-order valence-corrected chi connectivity index (χ3v) is 6.38. The van der Waals surface area contributed by atoms with Gasteiger partial charge in [-0.1, -0.05) is 49.4 Å². The fraction of sp³-hybridized carbons (Fsp3) is 0.200. The number of nitrogens with one attached hydrogen (secondary N) is 1. The van der Waals surface area contributed by atoms with Gasteiger partial charge in [0.2, 0.25) is 5.91 Å². The van der Waals surface area contributed by atoms with Crippen molar-refractivity contribution in [1.29, 1.82) is 0 Å². The largest absolute Gasteiger partial charge is 0.492 e. The van der Waals surface area contributed by atoms with Crippen LogP contribution in [0.4, 0.5) is 5.13 Å². The summed E-state index contributed by atoms with van der Waals surface area (Å²) in [5.74, 6) is 0.751. The lowest BCUT2D eigenvalue weighted by molar-refractivity contribution is -0.116. The van der Waals surface area contributed by atoms with Crippen molar-refractivity contribution in [2.45, 2.75) is 26.2 Å². The molecule has 1 heterocycles. The van der Waals surface area contributed by atoms with E-state index in [9.17, 15) is 4.79 Å². The average Bonchev–Trinajstić information content (AvgIpc) is 3.25. The molecule has 1 amide bonds. The number of fused-ring (bicyclic) bond motifs is 1. The molecule has 0 bridgehead atoms. The molecule has 4 nitrogen and oxygen atoms in total. The van der Waals surface area contributed by atoms with E-state index >= 15 is 0 Å². The summed E-state index contributed by atoms with van der Waals surface area (Å²) in [7, 11) is 0. The Morgan fingerprint density at radius 3 is 2.74 bits per heavy atom.